The number of aliphatic hydroxyl groups is 1. The summed E-state index contributed by atoms with van der Waals surface area (Å²) in [5.41, 5.74) is -1.05. The van der Waals surface area contributed by atoms with Gasteiger partial charge in [-0.1, -0.05) is 27.7 Å². The Morgan fingerprint density at radius 1 is 1.38 bits per heavy atom. The summed E-state index contributed by atoms with van der Waals surface area (Å²) in [5, 5.41) is 13.1. The van der Waals surface area contributed by atoms with Crippen LogP contribution in [0, 0.1) is 11.3 Å². The summed E-state index contributed by atoms with van der Waals surface area (Å²) in [6.45, 7) is 8.27. The Kier molecular flexibility index (Phi) is 4.00. The predicted octanol–water partition coefficient (Wildman–Crippen LogP) is 2.09. The van der Waals surface area contributed by atoms with Crippen molar-refractivity contribution in [1.82, 2.24) is 5.32 Å². The lowest BCUT2D eigenvalue weighted by Crippen LogP contribution is -2.47. The summed E-state index contributed by atoms with van der Waals surface area (Å²) in [6, 6.07) is 0. The van der Waals surface area contributed by atoms with E-state index in [1.165, 1.54) is 0 Å². The second kappa shape index (κ2) is 4.74. The first-order valence-electron chi connectivity index (χ1n) is 6.24. The number of carbonyl (C=O) groups excluding carboxylic acids is 1. The monoisotopic (exact) mass is 227 g/mol. The number of rotatable bonds is 2. The fraction of sp³-hybridized carbons (Fsp3) is 0.923. The Bertz CT molecular complexity index is 247. The highest BCUT2D eigenvalue weighted by Gasteiger charge is 2.33. The van der Waals surface area contributed by atoms with Gasteiger partial charge in [0, 0.05) is 12.0 Å². The Morgan fingerprint density at radius 3 is 2.31 bits per heavy atom. The minimum Gasteiger partial charge on any atom is -0.388 e. The third-order valence-corrected chi connectivity index (χ3v) is 3.46. The molecule has 16 heavy (non-hydrogen) atoms. The molecule has 1 aliphatic rings. The molecule has 1 rings (SSSR count). The first-order chi connectivity index (χ1) is 7.23. The van der Waals surface area contributed by atoms with Crippen molar-refractivity contribution in [3.63, 3.8) is 0 Å². The summed E-state index contributed by atoms with van der Waals surface area (Å²) in [5.74, 6) is 0.720. The van der Waals surface area contributed by atoms with Crippen molar-refractivity contribution in [2.45, 2.75) is 59.0 Å². The van der Waals surface area contributed by atoms with Gasteiger partial charge >= 0.3 is 0 Å². The van der Waals surface area contributed by atoms with Gasteiger partial charge in [0.2, 0.25) is 5.91 Å². The van der Waals surface area contributed by atoms with Crippen LogP contribution in [0.2, 0.25) is 0 Å². The quantitative estimate of drug-likeness (QED) is 0.759. The zero-order valence-electron chi connectivity index (χ0n) is 11.0. The van der Waals surface area contributed by atoms with Gasteiger partial charge in [-0.15, -0.1) is 0 Å². The molecule has 3 heteroatoms. The van der Waals surface area contributed by atoms with E-state index in [4.69, 9.17) is 0 Å². The highest BCUT2D eigenvalue weighted by molar-refractivity contribution is 5.81. The summed E-state index contributed by atoms with van der Waals surface area (Å²) >= 11 is 0. The average Bonchev–Trinajstić information content (AvgIpc) is 2.18. The fourth-order valence-corrected chi connectivity index (χ4v) is 1.99. The van der Waals surface area contributed by atoms with Crippen molar-refractivity contribution < 1.29 is 9.90 Å². The fourth-order valence-electron chi connectivity index (χ4n) is 1.99. The third-order valence-electron chi connectivity index (χ3n) is 3.46. The Labute approximate surface area is 98.6 Å². The molecular weight excluding hydrogens is 202 g/mol. The number of carbonyl (C=O) groups is 1. The molecule has 0 saturated heterocycles. The number of nitrogens with one attached hydrogen (secondary N) is 1. The van der Waals surface area contributed by atoms with Crippen molar-refractivity contribution in [2.75, 3.05) is 6.54 Å². The van der Waals surface area contributed by atoms with Crippen LogP contribution in [0.25, 0.3) is 0 Å². The minimum atomic E-state index is -0.673. The summed E-state index contributed by atoms with van der Waals surface area (Å²) in [6.07, 6.45) is 3.72. The van der Waals surface area contributed by atoms with Crippen LogP contribution in [0.15, 0.2) is 0 Å². The Hall–Kier alpha value is -0.570. The van der Waals surface area contributed by atoms with Gasteiger partial charge in [0.05, 0.1) is 5.60 Å². The molecule has 1 saturated carbocycles. The van der Waals surface area contributed by atoms with Gasteiger partial charge < -0.3 is 10.4 Å². The normalized spacial score (nSPS) is 31.2. The zero-order chi connectivity index (χ0) is 12.4. The molecular formula is C13H25NO2. The summed E-state index contributed by atoms with van der Waals surface area (Å²) in [7, 11) is 0. The molecule has 0 spiro atoms. The molecule has 0 aromatic rings. The van der Waals surface area contributed by atoms with Crippen LogP contribution in [0.5, 0.6) is 0 Å². The van der Waals surface area contributed by atoms with Crippen molar-refractivity contribution in [3.05, 3.63) is 0 Å². The molecule has 0 aromatic carbocycles. The lowest BCUT2D eigenvalue weighted by molar-refractivity contribution is -0.130. The Balaban J connectivity index is 2.40. The molecule has 0 radical (unpaired) electrons. The highest BCUT2D eigenvalue weighted by Crippen LogP contribution is 2.31. The lowest BCUT2D eigenvalue weighted by atomic mass is 9.79. The van der Waals surface area contributed by atoms with E-state index in [0.29, 0.717) is 12.5 Å². The number of hydrogen-bond donors (Lipinski definition) is 2. The average molecular weight is 227 g/mol. The molecule has 1 aliphatic carbocycles. The van der Waals surface area contributed by atoms with Gasteiger partial charge in [-0.05, 0) is 31.6 Å². The van der Waals surface area contributed by atoms with E-state index >= 15 is 0 Å². The van der Waals surface area contributed by atoms with Crippen LogP contribution >= 0.6 is 0 Å². The third kappa shape index (κ3) is 3.78. The molecule has 0 unspecified atom stereocenters. The van der Waals surface area contributed by atoms with Crippen LogP contribution < -0.4 is 5.32 Å². The first-order valence-corrected chi connectivity index (χ1v) is 6.24. The van der Waals surface area contributed by atoms with Crippen molar-refractivity contribution >= 4 is 5.91 Å². The lowest BCUT2D eigenvalue weighted by Gasteiger charge is -2.35. The molecule has 0 bridgehead atoms. The molecule has 1 amide bonds. The smallest absolute Gasteiger partial charge is 0.225 e. The van der Waals surface area contributed by atoms with E-state index in [0.717, 1.165) is 25.7 Å². The van der Waals surface area contributed by atoms with Crippen LogP contribution in [0.3, 0.4) is 0 Å². The van der Waals surface area contributed by atoms with E-state index < -0.39 is 5.60 Å². The molecule has 1 fully saturated rings. The largest absolute Gasteiger partial charge is 0.388 e. The van der Waals surface area contributed by atoms with Crippen molar-refractivity contribution in [3.8, 4) is 0 Å². The maximum absolute atomic E-state index is 11.7. The van der Waals surface area contributed by atoms with Crippen LogP contribution in [0.4, 0.5) is 0 Å². The van der Waals surface area contributed by atoms with Gasteiger partial charge in [-0.3, -0.25) is 4.79 Å². The number of amides is 1. The second-order valence-electron chi connectivity index (χ2n) is 6.34. The van der Waals surface area contributed by atoms with E-state index in [1.807, 2.05) is 20.8 Å². The summed E-state index contributed by atoms with van der Waals surface area (Å²) < 4.78 is 0. The SMILES string of the molecule is CC1CCC(O)(CNC(=O)C(C)(C)C)CC1. The van der Waals surface area contributed by atoms with Gasteiger partial charge in [0.25, 0.3) is 0 Å². The van der Waals surface area contributed by atoms with E-state index in [1.54, 1.807) is 0 Å². The van der Waals surface area contributed by atoms with Gasteiger partial charge in [0.1, 0.15) is 0 Å². The molecule has 0 aromatic heterocycles. The van der Waals surface area contributed by atoms with Crippen LogP contribution in [-0.4, -0.2) is 23.2 Å². The highest BCUT2D eigenvalue weighted by atomic mass is 16.3. The molecule has 0 atom stereocenters. The second-order valence-corrected chi connectivity index (χ2v) is 6.34. The van der Waals surface area contributed by atoms with Gasteiger partial charge in [-0.2, -0.15) is 0 Å². The topological polar surface area (TPSA) is 49.3 Å². The first kappa shape index (κ1) is 13.5. The molecule has 0 aliphatic heterocycles. The maximum atomic E-state index is 11.7. The summed E-state index contributed by atoms with van der Waals surface area (Å²) in [4.78, 5) is 11.7. The number of hydrogen-bond acceptors (Lipinski definition) is 2. The maximum Gasteiger partial charge on any atom is 0.225 e. The van der Waals surface area contributed by atoms with Crippen molar-refractivity contribution in [2.24, 2.45) is 11.3 Å². The van der Waals surface area contributed by atoms with Crippen molar-refractivity contribution in [1.29, 1.82) is 0 Å². The van der Waals surface area contributed by atoms with Gasteiger partial charge in [0.15, 0.2) is 0 Å². The van der Waals surface area contributed by atoms with Crippen LogP contribution in [0.1, 0.15) is 53.4 Å². The van der Waals surface area contributed by atoms with E-state index in [-0.39, 0.29) is 11.3 Å². The van der Waals surface area contributed by atoms with Gasteiger partial charge in [-0.25, -0.2) is 0 Å². The van der Waals surface area contributed by atoms with Crippen LogP contribution in [-0.2, 0) is 4.79 Å². The molecule has 2 N–H and O–H groups in total. The minimum absolute atomic E-state index is 0.0135. The Morgan fingerprint density at radius 2 is 1.88 bits per heavy atom. The van der Waals surface area contributed by atoms with E-state index in [9.17, 15) is 9.90 Å². The zero-order valence-corrected chi connectivity index (χ0v) is 11.0. The van der Waals surface area contributed by atoms with E-state index in [2.05, 4.69) is 12.2 Å². The molecule has 0 heterocycles. The predicted molar refractivity (Wildman–Crippen MR) is 65.0 cm³/mol. The standard InChI is InChI=1S/C13H25NO2/c1-10-5-7-13(16,8-6-10)9-14-11(15)12(2,3)4/h10,16H,5-9H2,1-4H3,(H,14,15). The molecule has 94 valence electrons. The molecule has 3 nitrogen and oxygen atoms in total.